The summed E-state index contributed by atoms with van der Waals surface area (Å²) >= 11 is 0. The van der Waals surface area contributed by atoms with Crippen molar-refractivity contribution >= 4 is 15.9 Å². The van der Waals surface area contributed by atoms with Gasteiger partial charge in [-0.25, -0.2) is 8.42 Å². The lowest BCUT2D eigenvalue weighted by Crippen LogP contribution is -2.42. The van der Waals surface area contributed by atoms with Crippen LogP contribution in [0.2, 0.25) is 0 Å². The number of amides is 1. The normalized spacial score (nSPS) is 28.4. The van der Waals surface area contributed by atoms with Crippen LogP contribution in [0.3, 0.4) is 0 Å². The van der Waals surface area contributed by atoms with Gasteiger partial charge in [0.05, 0.1) is 12.3 Å². The molecule has 0 saturated carbocycles. The Labute approximate surface area is 102 Å². The zero-order valence-corrected chi connectivity index (χ0v) is 10.6. The Bertz CT molecular complexity index is 376. The van der Waals surface area contributed by atoms with Crippen molar-refractivity contribution in [2.45, 2.75) is 25.3 Å². The standard InChI is InChI=1S/C10H19N3O3S/c14-10(12-7-9-3-1-4-11-9)8-13-5-2-6-17(13,15)16/h9,11H,1-8H2,(H,12,14). The maximum Gasteiger partial charge on any atom is 0.235 e. The minimum atomic E-state index is -3.16. The minimum absolute atomic E-state index is 0.0327. The molecule has 2 aliphatic rings. The van der Waals surface area contributed by atoms with E-state index in [0.717, 1.165) is 19.4 Å². The predicted molar refractivity (Wildman–Crippen MR) is 64.0 cm³/mol. The molecule has 1 atom stereocenters. The van der Waals surface area contributed by atoms with Crippen LogP contribution >= 0.6 is 0 Å². The monoisotopic (exact) mass is 261 g/mol. The highest BCUT2D eigenvalue weighted by molar-refractivity contribution is 7.89. The van der Waals surface area contributed by atoms with Crippen molar-refractivity contribution in [1.29, 1.82) is 0 Å². The van der Waals surface area contributed by atoms with E-state index in [9.17, 15) is 13.2 Å². The molecule has 6 nitrogen and oxygen atoms in total. The van der Waals surface area contributed by atoms with E-state index in [1.54, 1.807) is 0 Å². The number of hydrogen-bond acceptors (Lipinski definition) is 4. The summed E-state index contributed by atoms with van der Waals surface area (Å²) in [5.74, 6) is -0.0334. The topological polar surface area (TPSA) is 78.5 Å². The minimum Gasteiger partial charge on any atom is -0.353 e. The summed E-state index contributed by atoms with van der Waals surface area (Å²) in [5, 5.41) is 6.06. The Morgan fingerprint density at radius 2 is 2.24 bits per heavy atom. The second kappa shape index (κ2) is 5.32. The SMILES string of the molecule is O=C(CN1CCCS1(=O)=O)NCC1CCCN1. The summed E-state index contributed by atoms with van der Waals surface area (Å²) in [6.45, 7) is 2.03. The molecule has 2 rings (SSSR count). The van der Waals surface area contributed by atoms with Gasteiger partial charge < -0.3 is 10.6 Å². The molecule has 2 fully saturated rings. The Morgan fingerprint density at radius 3 is 2.82 bits per heavy atom. The summed E-state index contributed by atoms with van der Waals surface area (Å²) in [7, 11) is -3.16. The summed E-state index contributed by atoms with van der Waals surface area (Å²) in [6, 6.07) is 0.342. The molecular weight excluding hydrogens is 242 g/mol. The Balaban J connectivity index is 1.73. The zero-order valence-electron chi connectivity index (χ0n) is 9.81. The third-order valence-corrected chi connectivity index (χ3v) is 5.13. The lowest BCUT2D eigenvalue weighted by atomic mass is 10.2. The fourth-order valence-electron chi connectivity index (χ4n) is 2.25. The molecule has 0 aliphatic carbocycles. The van der Waals surface area contributed by atoms with Crippen LogP contribution in [0.25, 0.3) is 0 Å². The van der Waals surface area contributed by atoms with E-state index in [-0.39, 0.29) is 18.2 Å². The number of carbonyl (C=O) groups is 1. The van der Waals surface area contributed by atoms with Gasteiger partial charge in [0.1, 0.15) is 0 Å². The highest BCUT2D eigenvalue weighted by Gasteiger charge is 2.29. The first-order valence-electron chi connectivity index (χ1n) is 6.06. The van der Waals surface area contributed by atoms with Crippen LogP contribution in [0, 0.1) is 0 Å². The van der Waals surface area contributed by atoms with Crippen molar-refractivity contribution in [3.63, 3.8) is 0 Å². The largest absolute Gasteiger partial charge is 0.353 e. The molecular formula is C10H19N3O3S. The van der Waals surface area contributed by atoms with Crippen LogP contribution in [0.4, 0.5) is 0 Å². The quantitative estimate of drug-likeness (QED) is 0.672. The summed E-state index contributed by atoms with van der Waals surface area (Å²) in [6.07, 6.45) is 2.84. The van der Waals surface area contributed by atoms with Gasteiger partial charge in [-0.05, 0) is 25.8 Å². The molecule has 7 heteroatoms. The van der Waals surface area contributed by atoms with E-state index in [2.05, 4.69) is 10.6 Å². The van der Waals surface area contributed by atoms with Gasteiger partial charge in [0, 0.05) is 19.1 Å². The lowest BCUT2D eigenvalue weighted by Gasteiger charge is -2.15. The molecule has 2 heterocycles. The first kappa shape index (κ1) is 12.8. The Kier molecular flexibility index (Phi) is 4.01. The van der Waals surface area contributed by atoms with Crippen molar-refractivity contribution < 1.29 is 13.2 Å². The van der Waals surface area contributed by atoms with Crippen LogP contribution in [0.15, 0.2) is 0 Å². The van der Waals surface area contributed by atoms with E-state index in [1.165, 1.54) is 4.31 Å². The van der Waals surface area contributed by atoms with Gasteiger partial charge in [0.2, 0.25) is 15.9 Å². The van der Waals surface area contributed by atoms with Gasteiger partial charge >= 0.3 is 0 Å². The Morgan fingerprint density at radius 1 is 1.41 bits per heavy atom. The number of sulfonamides is 1. The van der Waals surface area contributed by atoms with Crippen molar-refractivity contribution in [3.05, 3.63) is 0 Å². The molecule has 1 amide bonds. The second-order valence-electron chi connectivity index (χ2n) is 4.60. The maximum absolute atomic E-state index is 11.6. The fraction of sp³-hybridized carbons (Fsp3) is 0.900. The van der Waals surface area contributed by atoms with Crippen LogP contribution in [0.1, 0.15) is 19.3 Å². The molecule has 0 aromatic carbocycles. The Hall–Kier alpha value is -0.660. The number of carbonyl (C=O) groups excluding carboxylic acids is 1. The smallest absolute Gasteiger partial charge is 0.235 e. The van der Waals surface area contributed by atoms with Crippen molar-refractivity contribution in [2.75, 3.05) is 31.9 Å². The third-order valence-electron chi connectivity index (χ3n) is 3.23. The van der Waals surface area contributed by atoms with E-state index in [0.29, 0.717) is 25.6 Å². The van der Waals surface area contributed by atoms with Crippen molar-refractivity contribution in [1.82, 2.24) is 14.9 Å². The summed E-state index contributed by atoms with van der Waals surface area (Å²) < 4.78 is 24.3. The second-order valence-corrected chi connectivity index (χ2v) is 6.69. The summed E-state index contributed by atoms with van der Waals surface area (Å²) in [5.41, 5.74) is 0. The predicted octanol–water partition coefficient (Wildman–Crippen LogP) is -1.11. The first-order valence-corrected chi connectivity index (χ1v) is 7.67. The number of nitrogens with zero attached hydrogens (tertiary/aromatic N) is 1. The first-order chi connectivity index (χ1) is 8.08. The molecule has 2 aliphatic heterocycles. The van der Waals surface area contributed by atoms with Crippen LogP contribution < -0.4 is 10.6 Å². The van der Waals surface area contributed by atoms with Gasteiger partial charge in [-0.15, -0.1) is 0 Å². The molecule has 0 radical (unpaired) electrons. The maximum atomic E-state index is 11.6. The van der Waals surface area contributed by atoms with Crippen LogP contribution in [-0.4, -0.2) is 56.6 Å². The molecule has 98 valence electrons. The molecule has 0 spiro atoms. The van der Waals surface area contributed by atoms with E-state index in [4.69, 9.17) is 0 Å². The number of hydrogen-bond donors (Lipinski definition) is 2. The lowest BCUT2D eigenvalue weighted by molar-refractivity contribution is -0.121. The number of nitrogens with one attached hydrogen (secondary N) is 2. The average Bonchev–Trinajstić information content (AvgIpc) is 2.86. The van der Waals surface area contributed by atoms with Crippen LogP contribution in [0.5, 0.6) is 0 Å². The van der Waals surface area contributed by atoms with Gasteiger partial charge in [0.25, 0.3) is 0 Å². The van der Waals surface area contributed by atoms with Gasteiger partial charge in [-0.2, -0.15) is 4.31 Å². The number of rotatable bonds is 4. The molecule has 0 aromatic heterocycles. The fourth-order valence-corrected chi connectivity index (χ4v) is 3.73. The van der Waals surface area contributed by atoms with E-state index < -0.39 is 10.0 Å². The molecule has 0 aromatic rings. The summed E-state index contributed by atoms with van der Waals surface area (Å²) in [4.78, 5) is 11.6. The molecule has 2 N–H and O–H groups in total. The van der Waals surface area contributed by atoms with Crippen LogP contribution in [-0.2, 0) is 14.8 Å². The molecule has 0 bridgehead atoms. The molecule has 2 saturated heterocycles. The van der Waals surface area contributed by atoms with E-state index >= 15 is 0 Å². The molecule has 1 unspecified atom stereocenters. The molecule has 17 heavy (non-hydrogen) atoms. The zero-order chi connectivity index (χ0) is 12.3. The van der Waals surface area contributed by atoms with Crippen molar-refractivity contribution in [3.8, 4) is 0 Å². The van der Waals surface area contributed by atoms with Crippen molar-refractivity contribution in [2.24, 2.45) is 0 Å². The average molecular weight is 261 g/mol. The van der Waals surface area contributed by atoms with E-state index in [1.807, 2.05) is 0 Å². The van der Waals surface area contributed by atoms with Gasteiger partial charge in [0.15, 0.2) is 0 Å². The highest BCUT2D eigenvalue weighted by atomic mass is 32.2. The van der Waals surface area contributed by atoms with Gasteiger partial charge in [-0.1, -0.05) is 0 Å². The van der Waals surface area contributed by atoms with Gasteiger partial charge in [-0.3, -0.25) is 4.79 Å². The highest BCUT2D eigenvalue weighted by Crippen LogP contribution is 2.12. The third kappa shape index (κ3) is 3.40.